The van der Waals surface area contributed by atoms with Gasteiger partial charge >= 0.3 is 5.97 Å². The van der Waals surface area contributed by atoms with Crippen molar-refractivity contribution in [3.63, 3.8) is 0 Å². The number of anilines is 3. The lowest BCUT2D eigenvalue weighted by molar-refractivity contribution is 0.0504. The fourth-order valence-corrected chi connectivity index (χ4v) is 6.54. The molecule has 10 heteroatoms. The smallest absolute Gasteiger partial charge is 0.350 e. The molecule has 2 aromatic heterocycles. The number of piperazine rings is 1. The molecule has 0 saturated carbocycles. The van der Waals surface area contributed by atoms with Crippen LogP contribution >= 0.6 is 11.3 Å². The van der Waals surface area contributed by atoms with Crippen molar-refractivity contribution in [3.8, 4) is 0 Å². The molecular formula is C30H36FN5O3S. The van der Waals surface area contributed by atoms with E-state index in [4.69, 9.17) is 9.72 Å². The van der Waals surface area contributed by atoms with Gasteiger partial charge in [0.05, 0.1) is 29.2 Å². The quantitative estimate of drug-likeness (QED) is 0.371. The Kier molecular flexibility index (Phi) is 7.10. The highest BCUT2D eigenvalue weighted by atomic mass is 32.1. The van der Waals surface area contributed by atoms with E-state index in [-0.39, 0.29) is 23.1 Å². The van der Waals surface area contributed by atoms with E-state index in [0.717, 1.165) is 22.2 Å². The maximum Gasteiger partial charge on any atom is 0.350 e. The van der Waals surface area contributed by atoms with E-state index in [1.807, 2.05) is 37.8 Å². The van der Waals surface area contributed by atoms with Crippen molar-refractivity contribution in [1.29, 1.82) is 0 Å². The van der Waals surface area contributed by atoms with Gasteiger partial charge in [0.2, 0.25) is 0 Å². The number of fused-ring (bicyclic) bond motifs is 1. The van der Waals surface area contributed by atoms with Crippen molar-refractivity contribution in [2.45, 2.75) is 59.4 Å². The van der Waals surface area contributed by atoms with E-state index in [1.54, 1.807) is 32.0 Å². The molecule has 0 unspecified atom stereocenters. The number of nitrogens with zero attached hydrogens (tertiary/aromatic N) is 5. The second-order valence-corrected chi connectivity index (χ2v) is 12.8. The van der Waals surface area contributed by atoms with Crippen LogP contribution in [0.25, 0.3) is 0 Å². The number of carbonyl (C=O) groups is 2. The molecule has 0 atom stereocenters. The molecule has 8 nitrogen and oxygen atoms in total. The molecule has 0 spiro atoms. The molecule has 1 fully saturated rings. The number of halogens is 1. The molecular weight excluding hydrogens is 529 g/mol. The number of benzene rings is 1. The number of amides is 1. The number of esters is 1. The molecule has 212 valence electrons. The van der Waals surface area contributed by atoms with Gasteiger partial charge in [0.25, 0.3) is 5.91 Å². The van der Waals surface area contributed by atoms with Gasteiger partial charge in [0.1, 0.15) is 16.4 Å². The minimum atomic E-state index is -0.499. The van der Waals surface area contributed by atoms with Crippen molar-refractivity contribution in [1.82, 2.24) is 14.9 Å². The largest absolute Gasteiger partial charge is 0.462 e. The Morgan fingerprint density at radius 2 is 1.80 bits per heavy atom. The van der Waals surface area contributed by atoms with Crippen LogP contribution in [-0.4, -0.2) is 65.1 Å². The van der Waals surface area contributed by atoms with Crippen LogP contribution in [0.2, 0.25) is 0 Å². The Balaban J connectivity index is 1.37. The summed E-state index contributed by atoms with van der Waals surface area (Å²) in [5.74, 6) is -0.714. The summed E-state index contributed by atoms with van der Waals surface area (Å²) in [5, 5.41) is 0.755. The van der Waals surface area contributed by atoms with E-state index in [2.05, 4.69) is 28.6 Å². The third kappa shape index (κ3) is 4.93. The molecule has 5 rings (SSSR count). The van der Waals surface area contributed by atoms with Gasteiger partial charge in [-0.05, 0) is 64.4 Å². The summed E-state index contributed by atoms with van der Waals surface area (Å²) in [6.07, 6.45) is 0. The lowest BCUT2D eigenvalue weighted by Gasteiger charge is -2.47. The number of hydrogen-bond donors (Lipinski definition) is 0. The first-order chi connectivity index (χ1) is 18.8. The SMILES string of the molecule is CCOC(=O)c1sc(N2CCN(C(=O)c3ccc4c(n3)C(C)(C)CN4c3ccc(C)c(F)c3)C(C)(C)C2)nc1C. The van der Waals surface area contributed by atoms with Crippen molar-refractivity contribution in [2.75, 3.05) is 42.6 Å². The zero-order chi connectivity index (χ0) is 29.0. The number of carbonyl (C=O) groups excluding carboxylic acids is 2. The Bertz CT molecular complexity index is 1480. The highest BCUT2D eigenvalue weighted by molar-refractivity contribution is 7.17. The third-order valence-electron chi connectivity index (χ3n) is 7.71. The van der Waals surface area contributed by atoms with Crippen LogP contribution in [0.5, 0.6) is 0 Å². The Labute approximate surface area is 238 Å². The van der Waals surface area contributed by atoms with Crippen LogP contribution in [0.15, 0.2) is 30.3 Å². The molecule has 1 aromatic carbocycles. The zero-order valence-corrected chi connectivity index (χ0v) is 25.0. The van der Waals surface area contributed by atoms with Gasteiger partial charge in [-0.1, -0.05) is 31.3 Å². The summed E-state index contributed by atoms with van der Waals surface area (Å²) in [6.45, 7) is 16.2. The van der Waals surface area contributed by atoms with E-state index in [1.165, 1.54) is 11.3 Å². The number of thiazole rings is 1. The first kappa shape index (κ1) is 28.0. The topological polar surface area (TPSA) is 78.9 Å². The van der Waals surface area contributed by atoms with E-state index in [9.17, 15) is 14.0 Å². The standard InChI is InChI=1S/C30H36FN5O3S/c1-8-39-27(38)24-19(3)32-28(40-24)34-13-14-36(30(6,7)17-34)26(37)22-11-12-23-25(33-22)29(4,5)16-35(23)20-10-9-18(2)21(31)15-20/h9-12,15H,8,13-14,16-17H2,1-7H3. The normalized spacial score (nSPS) is 17.6. The number of aromatic nitrogens is 2. The van der Waals surface area contributed by atoms with Crippen molar-refractivity contribution in [2.24, 2.45) is 0 Å². The molecule has 3 aromatic rings. The zero-order valence-electron chi connectivity index (χ0n) is 24.2. The van der Waals surface area contributed by atoms with E-state index >= 15 is 0 Å². The average Bonchev–Trinajstić information content (AvgIpc) is 3.41. The number of pyridine rings is 1. The monoisotopic (exact) mass is 565 g/mol. The summed E-state index contributed by atoms with van der Waals surface area (Å²) in [4.78, 5) is 42.2. The second kappa shape index (κ2) is 10.1. The lowest BCUT2D eigenvalue weighted by atomic mass is 9.91. The first-order valence-corrected chi connectivity index (χ1v) is 14.4. The second-order valence-electron chi connectivity index (χ2n) is 11.8. The number of hydrogen-bond acceptors (Lipinski definition) is 8. The number of ether oxygens (including phenoxy) is 1. The fraction of sp³-hybridized carbons (Fsp3) is 0.467. The molecule has 2 aliphatic heterocycles. The number of rotatable bonds is 5. The van der Waals surface area contributed by atoms with Crippen molar-refractivity contribution < 1.29 is 18.7 Å². The molecule has 0 aliphatic carbocycles. The summed E-state index contributed by atoms with van der Waals surface area (Å²) >= 11 is 1.33. The van der Waals surface area contributed by atoms with Crippen LogP contribution in [0.3, 0.4) is 0 Å². The first-order valence-electron chi connectivity index (χ1n) is 13.6. The maximum absolute atomic E-state index is 14.4. The molecule has 1 saturated heterocycles. The Morgan fingerprint density at radius 3 is 2.48 bits per heavy atom. The van der Waals surface area contributed by atoms with Crippen LogP contribution in [0.4, 0.5) is 20.9 Å². The van der Waals surface area contributed by atoms with Crippen LogP contribution in [0, 0.1) is 19.7 Å². The Hall–Kier alpha value is -3.53. The van der Waals surface area contributed by atoms with Gasteiger partial charge in [-0.15, -0.1) is 0 Å². The van der Waals surface area contributed by atoms with E-state index < -0.39 is 5.54 Å². The van der Waals surface area contributed by atoms with Crippen LogP contribution in [0.1, 0.15) is 71.7 Å². The van der Waals surface area contributed by atoms with Crippen LogP contribution in [-0.2, 0) is 10.2 Å². The predicted octanol–water partition coefficient (Wildman–Crippen LogP) is 5.64. The minimum absolute atomic E-state index is 0.120. The third-order valence-corrected chi connectivity index (χ3v) is 8.91. The summed E-state index contributed by atoms with van der Waals surface area (Å²) in [7, 11) is 0. The van der Waals surface area contributed by atoms with Gasteiger partial charge in [-0.3, -0.25) is 4.79 Å². The van der Waals surface area contributed by atoms with Crippen molar-refractivity contribution in [3.05, 3.63) is 63.7 Å². The molecule has 0 radical (unpaired) electrons. The fourth-order valence-electron chi connectivity index (χ4n) is 5.56. The van der Waals surface area contributed by atoms with Gasteiger partial charge in [0.15, 0.2) is 5.13 Å². The van der Waals surface area contributed by atoms with E-state index in [0.29, 0.717) is 54.6 Å². The van der Waals surface area contributed by atoms with Gasteiger partial charge in [-0.2, -0.15) is 0 Å². The predicted molar refractivity (Wildman–Crippen MR) is 156 cm³/mol. The van der Waals surface area contributed by atoms with Gasteiger partial charge < -0.3 is 19.4 Å². The molecule has 2 aliphatic rings. The minimum Gasteiger partial charge on any atom is -0.462 e. The average molecular weight is 566 g/mol. The molecule has 0 bridgehead atoms. The van der Waals surface area contributed by atoms with Crippen LogP contribution < -0.4 is 9.80 Å². The summed E-state index contributed by atoms with van der Waals surface area (Å²) < 4.78 is 19.5. The molecule has 4 heterocycles. The summed E-state index contributed by atoms with van der Waals surface area (Å²) in [5.41, 5.74) is 3.35. The molecule has 40 heavy (non-hydrogen) atoms. The summed E-state index contributed by atoms with van der Waals surface area (Å²) in [6, 6.07) is 8.97. The maximum atomic E-state index is 14.4. The molecule has 0 N–H and O–H groups in total. The van der Waals surface area contributed by atoms with Gasteiger partial charge in [0, 0.05) is 37.3 Å². The lowest BCUT2D eigenvalue weighted by Crippen LogP contribution is -2.61. The Morgan fingerprint density at radius 1 is 1.05 bits per heavy atom. The molecule has 1 amide bonds. The highest BCUT2D eigenvalue weighted by Gasteiger charge is 2.41. The van der Waals surface area contributed by atoms with Gasteiger partial charge in [-0.25, -0.2) is 19.2 Å². The highest BCUT2D eigenvalue weighted by Crippen LogP contribution is 2.43. The number of aryl methyl sites for hydroxylation is 2. The van der Waals surface area contributed by atoms with Crippen molar-refractivity contribution >= 4 is 39.7 Å².